The Morgan fingerprint density at radius 3 is 2.29 bits per heavy atom. The van der Waals surface area contributed by atoms with E-state index in [4.69, 9.17) is 0 Å². The second-order valence-corrected chi connectivity index (χ2v) is 4.92. The summed E-state index contributed by atoms with van der Waals surface area (Å²) in [5.74, 6) is -6.61. The largest absolute Gasteiger partial charge is 0.461 e. The molecule has 0 unspecified atom stereocenters. The molecule has 0 saturated carbocycles. The van der Waals surface area contributed by atoms with E-state index in [2.05, 4.69) is 20.6 Å². The van der Waals surface area contributed by atoms with E-state index in [-0.39, 0.29) is 11.5 Å². The molecule has 3 aromatic rings. The standard InChI is InChI=1S/C14H10F5N5/c15-13(16,14(17,18)19)12-22-21-11-7-6-10(23-24(11)12)20-8-9-4-2-1-3-5-9/h1-7H,8H2,(H,20,23). The minimum atomic E-state index is -5.79. The van der Waals surface area contributed by atoms with E-state index in [1.165, 1.54) is 12.1 Å². The topological polar surface area (TPSA) is 55.1 Å². The first-order valence-electron chi connectivity index (χ1n) is 6.74. The minimum Gasteiger partial charge on any atom is -0.365 e. The highest BCUT2D eigenvalue weighted by atomic mass is 19.4. The van der Waals surface area contributed by atoms with Gasteiger partial charge in [-0.2, -0.15) is 26.5 Å². The molecular weight excluding hydrogens is 333 g/mol. The molecule has 0 aliphatic rings. The number of fused-ring (bicyclic) bond motifs is 1. The summed E-state index contributed by atoms with van der Waals surface area (Å²) in [5, 5.41) is 12.8. The number of benzene rings is 1. The van der Waals surface area contributed by atoms with E-state index in [9.17, 15) is 22.0 Å². The van der Waals surface area contributed by atoms with Crippen LogP contribution >= 0.6 is 0 Å². The number of aromatic nitrogens is 4. The Morgan fingerprint density at radius 2 is 1.62 bits per heavy atom. The van der Waals surface area contributed by atoms with Crippen LogP contribution in [0.3, 0.4) is 0 Å². The Balaban J connectivity index is 1.91. The average Bonchev–Trinajstić information content (AvgIpc) is 2.96. The molecule has 1 N–H and O–H groups in total. The number of hydrogen-bond donors (Lipinski definition) is 1. The number of alkyl halides is 5. The SMILES string of the molecule is FC(F)(F)C(F)(F)c1nnc2ccc(NCc3ccccc3)nn12. The fraction of sp³-hybridized carbons (Fsp3) is 0.214. The quantitative estimate of drug-likeness (QED) is 0.738. The van der Waals surface area contributed by atoms with Crippen molar-refractivity contribution >= 4 is 11.5 Å². The molecule has 0 aliphatic heterocycles. The highest BCUT2D eigenvalue weighted by molar-refractivity contribution is 5.44. The lowest BCUT2D eigenvalue weighted by Crippen LogP contribution is -2.36. The normalized spacial score (nSPS) is 12.5. The zero-order chi connectivity index (χ0) is 17.4. The summed E-state index contributed by atoms with van der Waals surface area (Å²) in [4.78, 5) is 0. The summed E-state index contributed by atoms with van der Waals surface area (Å²) >= 11 is 0. The fourth-order valence-corrected chi connectivity index (χ4v) is 1.99. The molecule has 0 bridgehead atoms. The van der Waals surface area contributed by atoms with E-state index in [1.807, 2.05) is 30.3 Å². The van der Waals surface area contributed by atoms with Crippen molar-refractivity contribution in [3.63, 3.8) is 0 Å². The van der Waals surface area contributed by atoms with Gasteiger partial charge in [-0.1, -0.05) is 30.3 Å². The van der Waals surface area contributed by atoms with Crippen LogP contribution in [-0.2, 0) is 12.5 Å². The van der Waals surface area contributed by atoms with Gasteiger partial charge in [0.05, 0.1) is 0 Å². The van der Waals surface area contributed by atoms with Crippen molar-refractivity contribution in [3.8, 4) is 0 Å². The molecule has 0 saturated heterocycles. The van der Waals surface area contributed by atoms with Crippen LogP contribution in [-0.4, -0.2) is 26.0 Å². The molecule has 0 atom stereocenters. The van der Waals surface area contributed by atoms with Gasteiger partial charge in [0.2, 0.25) is 5.82 Å². The molecule has 0 spiro atoms. The van der Waals surface area contributed by atoms with Crippen LogP contribution in [0.1, 0.15) is 11.4 Å². The predicted octanol–water partition coefficient (Wildman–Crippen LogP) is 3.39. The second-order valence-electron chi connectivity index (χ2n) is 4.92. The Bertz CT molecular complexity index is 844. The van der Waals surface area contributed by atoms with E-state index < -0.39 is 17.9 Å². The molecule has 5 nitrogen and oxygen atoms in total. The summed E-state index contributed by atoms with van der Waals surface area (Å²) < 4.78 is 64.9. The van der Waals surface area contributed by atoms with E-state index in [0.717, 1.165) is 5.56 Å². The van der Waals surface area contributed by atoms with Gasteiger partial charge >= 0.3 is 12.1 Å². The third kappa shape index (κ3) is 2.86. The zero-order valence-corrected chi connectivity index (χ0v) is 11.9. The number of nitrogens with zero attached hydrogens (tertiary/aromatic N) is 4. The molecular formula is C14H10F5N5. The third-order valence-electron chi connectivity index (χ3n) is 3.22. The van der Waals surface area contributed by atoms with Gasteiger partial charge in [0.1, 0.15) is 5.82 Å². The van der Waals surface area contributed by atoms with Crippen LogP contribution in [0, 0.1) is 0 Å². The molecule has 2 aromatic heterocycles. The van der Waals surface area contributed by atoms with Crippen LogP contribution in [0.4, 0.5) is 27.8 Å². The zero-order valence-electron chi connectivity index (χ0n) is 11.9. The van der Waals surface area contributed by atoms with Gasteiger partial charge in [-0.05, 0) is 17.7 Å². The molecule has 24 heavy (non-hydrogen) atoms. The van der Waals surface area contributed by atoms with Gasteiger partial charge in [0.25, 0.3) is 0 Å². The highest BCUT2D eigenvalue weighted by Crippen LogP contribution is 2.42. The molecule has 2 heterocycles. The van der Waals surface area contributed by atoms with Crippen LogP contribution in [0.15, 0.2) is 42.5 Å². The van der Waals surface area contributed by atoms with Gasteiger partial charge in [-0.15, -0.1) is 15.3 Å². The molecule has 126 valence electrons. The Labute approximate surface area is 132 Å². The number of nitrogens with one attached hydrogen (secondary N) is 1. The summed E-state index contributed by atoms with van der Waals surface area (Å²) in [6.07, 6.45) is -5.79. The predicted molar refractivity (Wildman–Crippen MR) is 74.5 cm³/mol. The van der Waals surface area contributed by atoms with Gasteiger partial charge in [-0.25, -0.2) is 0 Å². The second kappa shape index (κ2) is 5.69. The van der Waals surface area contributed by atoms with Crippen molar-refractivity contribution in [2.45, 2.75) is 18.6 Å². The lowest BCUT2D eigenvalue weighted by Gasteiger charge is -2.17. The Morgan fingerprint density at radius 1 is 0.917 bits per heavy atom. The average molecular weight is 343 g/mol. The highest BCUT2D eigenvalue weighted by Gasteiger charge is 2.62. The first kappa shape index (κ1) is 16.1. The number of halogens is 5. The smallest absolute Gasteiger partial charge is 0.365 e. The molecule has 10 heteroatoms. The number of anilines is 1. The summed E-state index contributed by atoms with van der Waals surface area (Å²) in [5.41, 5.74) is 0.684. The van der Waals surface area contributed by atoms with Crippen LogP contribution < -0.4 is 5.32 Å². The summed E-state index contributed by atoms with van der Waals surface area (Å²) in [6.45, 7) is 0.326. The van der Waals surface area contributed by atoms with Gasteiger partial charge in [0.15, 0.2) is 5.65 Å². The molecule has 0 fully saturated rings. The van der Waals surface area contributed by atoms with Gasteiger partial charge in [0, 0.05) is 6.54 Å². The maximum atomic E-state index is 13.5. The Hall–Kier alpha value is -2.78. The van der Waals surface area contributed by atoms with Crippen LogP contribution in [0.25, 0.3) is 5.65 Å². The fourth-order valence-electron chi connectivity index (χ4n) is 1.99. The lowest BCUT2D eigenvalue weighted by molar-refractivity contribution is -0.293. The van der Waals surface area contributed by atoms with Gasteiger partial charge in [-0.3, -0.25) is 0 Å². The first-order valence-corrected chi connectivity index (χ1v) is 6.74. The summed E-state index contributed by atoms with van der Waals surface area (Å²) in [7, 11) is 0. The monoisotopic (exact) mass is 343 g/mol. The molecule has 3 rings (SSSR count). The lowest BCUT2D eigenvalue weighted by atomic mass is 10.2. The third-order valence-corrected chi connectivity index (χ3v) is 3.22. The van der Waals surface area contributed by atoms with Crippen molar-refractivity contribution in [3.05, 3.63) is 53.9 Å². The van der Waals surface area contributed by atoms with Crippen molar-refractivity contribution in [2.24, 2.45) is 0 Å². The maximum absolute atomic E-state index is 13.5. The minimum absolute atomic E-state index is 0.116. The van der Waals surface area contributed by atoms with Crippen LogP contribution in [0.5, 0.6) is 0 Å². The van der Waals surface area contributed by atoms with Crippen molar-refractivity contribution in [2.75, 3.05) is 5.32 Å². The van der Waals surface area contributed by atoms with Crippen molar-refractivity contribution in [1.82, 2.24) is 19.8 Å². The van der Waals surface area contributed by atoms with Crippen molar-refractivity contribution in [1.29, 1.82) is 0 Å². The molecule has 0 amide bonds. The number of hydrogen-bond acceptors (Lipinski definition) is 4. The van der Waals surface area contributed by atoms with E-state index in [0.29, 0.717) is 11.1 Å². The van der Waals surface area contributed by atoms with Crippen LogP contribution in [0.2, 0.25) is 0 Å². The maximum Gasteiger partial charge on any atom is 0.461 e. The Kier molecular flexibility index (Phi) is 3.82. The van der Waals surface area contributed by atoms with Crippen molar-refractivity contribution < 1.29 is 22.0 Å². The van der Waals surface area contributed by atoms with E-state index >= 15 is 0 Å². The molecule has 0 aliphatic carbocycles. The molecule has 1 aromatic carbocycles. The molecule has 0 radical (unpaired) electrons. The first-order chi connectivity index (χ1) is 11.3. The van der Waals surface area contributed by atoms with E-state index in [1.54, 1.807) is 0 Å². The number of rotatable bonds is 4. The van der Waals surface area contributed by atoms with Gasteiger partial charge < -0.3 is 5.32 Å². The summed E-state index contributed by atoms with van der Waals surface area (Å²) in [6, 6.07) is 11.8.